The smallest absolute Gasteiger partial charge is 0.345 e. The van der Waals surface area contributed by atoms with Gasteiger partial charge in [-0.3, -0.25) is 4.79 Å². The van der Waals surface area contributed by atoms with E-state index in [0.29, 0.717) is 0 Å². The Labute approximate surface area is 204 Å². The predicted molar refractivity (Wildman–Crippen MR) is 112 cm³/mol. The molecule has 3 aliphatic heterocycles. The lowest BCUT2D eigenvalue weighted by Gasteiger charge is -2.40. The SMILES string of the molecule is COC(=O)C[C@H](c1ccc(O)cc1)[C@]1(O)C(=O)OC2C(O[C@H]3O[C@@H](CO)[C@H](O)[C@@H](O)[C@@H]3O)COC21O. The number of ether oxygens (including phenoxy) is 5. The zero-order chi connectivity index (χ0) is 26.4. The van der Waals surface area contributed by atoms with Gasteiger partial charge in [0, 0.05) is 5.92 Å². The quantitative estimate of drug-likeness (QED) is 0.176. The summed E-state index contributed by atoms with van der Waals surface area (Å²) in [6.45, 7) is -1.19. The lowest BCUT2D eigenvalue weighted by atomic mass is 9.74. The molecule has 0 spiro atoms. The van der Waals surface area contributed by atoms with Crippen molar-refractivity contribution >= 4 is 11.9 Å². The van der Waals surface area contributed by atoms with E-state index in [4.69, 9.17) is 18.9 Å². The fraction of sp³-hybridized carbons (Fsp3) is 0.636. The van der Waals surface area contributed by atoms with Crippen molar-refractivity contribution in [2.45, 2.75) is 66.6 Å². The molecule has 200 valence electrons. The molecule has 0 aliphatic carbocycles. The minimum absolute atomic E-state index is 0.127. The molecule has 0 amide bonds. The molecule has 10 atom stereocenters. The van der Waals surface area contributed by atoms with Gasteiger partial charge in [0.05, 0.1) is 26.7 Å². The van der Waals surface area contributed by atoms with Gasteiger partial charge >= 0.3 is 11.9 Å². The number of fused-ring (bicyclic) bond motifs is 1. The number of carbonyl (C=O) groups excluding carboxylic acids is 2. The number of esters is 2. The maximum absolute atomic E-state index is 13.0. The van der Waals surface area contributed by atoms with Crippen LogP contribution in [0.3, 0.4) is 0 Å². The van der Waals surface area contributed by atoms with Crippen molar-refractivity contribution in [3.8, 4) is 5.75 Å². The van der Waals surface area contributed by atoms with Crippen molar-refractivity contribution in [1.82, 2.24) is 0 Å². The van der Waals surface area contributed by atoms with Crippen molar-refractivity contribution in [3.05, 3.63) is 29.8 Å². The zero-order valence-electron chi connectivity index (χ0n) is 19.0. The summed E-state index contributed by atoms with van der Waals surface area (Å²) in [5.41, 5.74) is -2.66. The van der Waals surface area contributed by atoms with Crippen LogP contribution < -0.4 is 0 Å². The van der Waals surface area contributed by atoms with Crippen LogP contribution in [0.2, 0.25) is 0 Å². The van der Waals surface area contributed by atoms with E-state index in [1.165, 1.54) is 24.3 Å². The number of phenols is 1. The maximum atomic E-state index is 13.0. The fourth-order valence-corrected chi connectivity index (χ4v) is 4.78. The summed E-state index contributed by atoms with van der Waals surface area (Å²) in [5.74, 6) is -6.47. The van der Waals surface area contributed by atoms with Gasteiger partial charge in [-0.15, -0.1) is 0 Å². The van der Waals surface area contributed by atoms with Crippen LogP contribution in [-0.2, 0) is 33.3 Å². The van der Waals surface area contributed by atoms with Crippen molar-refractivity contribution in [1.29, 1.82) is 0 Å². The topological polar surface area (TPSA) is 222 Å². The summed E-state index contributed by atoms with van der Waals surface area (Å²) in [7, 11) is 1.10. The van der Waals surface area contributed by atoms with Crippen molar-refractivity contribution in [2.75, 3.05) is 20.3 Å². The first-order valence-corrected chi connectivity index (χ1v) is 11.1. The van der Waals surface area contributed by atoms with E-state index < -0.39 is 91.8 Å². The van der Waals surface area contributed by atoms with Crippen LogP contribution in [-0.4, -0.2) is 122 Å². The number of carbonyl (C=O) groups is 2. The molecule has 3 heterocycles. The molecule has 1 aromatic carbocycles. The van der Waals surface area contributed by atoms with Crippen LogP contribution in [0.4, 0.5) is 0 Å². The van der Waals surface area contributed by atoms with Crippen LogP contribution in [0, 0.1) is 0 Å². The molecule has 7 N–H and O–H groups in total. The lowest BCUT2D eigenvalue weighted by Crippen LogP contribution is -2.62. The van der Waals surface area contributed by atoms with Gasteiger partial charge in [0.15, 0.2) is 12.4 Å². The van der Waals surface area contributed by atoms with E-state index in [-0.39, 0.29) is 11.3 Å². The maximum Gasteiger partial charge on any atom is 0.345 e. The van der Waals surface area contributed by atoms with E-state index in [0.717, 1.165) is 7.11 Å². The molecule has 0 aromatic heterocycles. The van der Waals surface area contributed by atoms with Gasteiger partial charge in [-0.05, 0) is 17.7 Å². The second-order valence-corrected chi connectivity index (χ2v) is 8.90. The Balaban J connectivity index is 1.63. The molecular formula is C22H28O14. The van der Waals surface area contributed by atoms with Crippen molar-refractivity contribution < 1.29 is 69.0 Å². The molecule has 0 saturated carbocycles. The Bertz CT molecular complexity index is 968. The third kappa shape index (κ3) is 4.13. The predicted octanol–water partition coefficient (Wildman–Crippen LogP) is -3.40. The average Bonchev–Trinajstić information content (AvgIpc) is 3.28. The van der Waals surface area contributed by atoms with Crippen LogP contribution >= 0.6 is 0 Å². The van der Waals surface area contributed by atoms with E-state index in [1.54, 1.807) is 0 Å². The first-order valence-electron chi connectivity index (χ1n) is 11.1. The largest absolute Gasteiger partial charge is 0.508 e. The summed E-state index contributed by atoms with van der Waals surface area (Å²) in [6.07, 6.45) is -11.7. The van der Waals surface area contributed by atoms with E-state index in [1.807, 2.05) is 0 Å². The van der Waals surface area contributed by atoms with Gasteiger partial charge < -0.3 is 59.4 Å². The molecule has 14 nitrogen and oxygen atoms in total. The molecular weight excluding hydrogens is 488 g/mol. The normalized spacial score (nSPS) is 41.0. The van der Waals surface area contributed by atoms with Gasteiger partial charge in [0.1, 0.15) is 36.3 Å². The van der Waals surface area contributed by atoms with Crippen molar-refractivity contribution in [3.63, 3.8) is 0 Å². The number of hydrogen-bond donors (Lipinski definition) is 7. The third-order valence-electron chi connectivity index (χ3n) is 6.84. The number of aliphatic hydroxyl groups is 6. The molecule has 3 aliphatic rings. The van der Waals surface area contributed by atoms with E-state index in [2.05, 4.69) is 4.74 Å². The van der Waals surface area contributed by atoms with Crippen LogP contribution in [0.1, 0.15) is 17.9 Å². The number of phenolic OH excluding ortho intramolecular Hbond substituents is 1. The van der Waals surface area contributed by atoms with Gasteiger partial charge in [-0.1, -0.05) is 12.1 Å². The van der Waals surface area contributed by atoms with Gasteiger partial charge in [0.2, 0.25) is 11.4 Å². The number of benzene rings is 1. The standard InChI is InChI=1S/C22H28O14/c1-32-14(25)6-11(9-2-4-10(24)5-3-9)21(30)20(29)36-18-13(8-33-22(18,21)31)35-19-17(28)16(27)15(26)12(7-23)34-19/h2-5,11-13,15-19,23-24,26-28,30-31H,6-8H2,1H3/t11-,12+,13?,15+,16-,17+,18?,19-,21+,22?/m1/s1. The van der Waals surface area contributed by atoms with E-state index in [9.17, 15) is 45.3 Å². The van der Waals surface area contributed by atoms with Crippen LogP contribution in [0.15, 0.2) is 24.3 Å². The highest BCUT2D eigenvalue weighted by atomic mass is 16.8. The van der Waals surface area contributed by atoms with Gasteiger partial charge in [-0.25, -0.2) is 4.79 Å². The Morgan fingerprint density at radius 3 is 2.42 bits per heavy atom. The van der Waals surface area contributed by atoms with Crippen molar-refractivity contribution in [2.24, 2.45) is 0 Å². The zero-order valence-corrected chi connectivity index (χ0v) is 19.0. The Hall–Kier alpha value is -2.40. The average molecular weight is 516 g/mol. The summed E-state index contributed by atoms with van der Waals surface area (Å²) in [5, 5.41) is 72.2. The molecule has 0 radical (unpaired) electrons. The third-order valence-corrected chi connectivity index (χ3v) is 6.84. The van der Waals surface area contributed by atoms with Crippen LogP contribution in [0.5, 0.6) is 5.75 Å². The number of hydrogen-bond acceptors (Lipinski definition) is 14. The molecule has 3 saturated heterocycles. The monoisotopic (exact) mass is 516 g/mol. The van der Waals surface area contributed by atoms with Gasteiger partial charge in [0.25, 0.3) is 0 Å². The highest BCUT2D eigenvalue weighted by Crippen LogP contribution is 2.52. The number of rotatable bonds is 7. The number of aromatic hydroxyl groups is 1. The van der Waals surface area contributed by atoms with E-state index >= 15 is 0 Å². The fourth-order valence-electron chi connectivity index (χ4n) is 4.78. The number of methoxy groups -OCH3 is 1. The molecule has 14 heteroatoms. The Morgan fingerprint density at radius 1 is 1.14 bits per heavy atom. The first-order chi connectivity index (χ1) is 17.0. The molecule has 3 fully saturated rings. The minimum Gasteiger partial charge on any atom is -0.508 e. The molecule has 1 aromatic rings. The lowest BCUT2D eigenvalue weighted by molar-refractivity contribution is -0.315. The molecule has 3 unspecified atom stereocenters. The second kappa shape index (κ2) is 9.81. The highest BCUT2D eigenvalue weighted by molar-refractivity contribution is 5.87. The summed E-state index contributed by atoms with van der Waals surface area (Å²) >= 11 is 0. The molecule has 4 rings (SSSR count). The van der Waals surface area contributed by atoms with Gasteiger partial charge in [-0.2, -0.15) is 0 Å². The summed E-state index contributed by atoms with van der Waals surface area (Å²) < 4.78 is 26.2. The second-order valence-electron chi connectivity index (χ2n) is 8.90. The number of aliphatic hydroxyl groups excluding tert-OH is 4. The first kappa shape index (κ1) is 26.7. The summed E-state index contributed by atoms with van der Waals surface area (Å²) in [6, 6.07) is 5.18. The molecule has 36 heavy (non-hydrogen) atoms. The molecule has 0 bridgehead atoms. The highest BCUT2D eigenvalue weighted by Gasteiger charge is 2.76. The Morgan fingerprint density at radius 2 is 1.81 bits per heavy atom. The van der Waals surface area contributed by atoms with Crippen LogP contribution in [0.25, 0.3) is 0 Å². The summed E-state index contributed by atoms with van der Waals surface area (Å²) in [4.78, 5) is 25.2. The minimum atomic E-state index is -2.84. The Kier molecular flexibility index (Phi) is 7.27.